The fourth-order valence-corrected chi connectivity index (χ4v) is 1.78. The molecule has 0 aliphatic carbocycles. The summed E-state index contributed by atoms with van der Waals surface area (Å²) in [6.07, 6.45) is 2.88. The van der Waals surface area contributed by atoms with Crippen molar-refractivity contribution in [3.8, 4) is 0 Å². The average molecular weight is 254 g/mol. The van der Waals surface area contributed by atoms with Gasteiger partial charge in [-0.3, -0.25) is 0 Å². The molecule has 1 N–H and O–H groups in total. The van der Waals surface area contributed by atoms with E-state index in [1.54, 1.807) is 0 Å². The molecule has 0 aliphatic rings. The van der Waals surface area contributed by atoms with Crippen molar-refractivity contribution < 1.29 is 0 Å². The number of allylic oxidation sites excluding steroid dienone is 2. The smallest absolute Gasteiger partial charge is 0.104 e. The Bertz CT molecular complexity index is 544. The van der Waals surface area contributed by atoms with Crippen LogP contribution >= 0.6 is 0 Å². The highest BCUT2D eigenvalue weighted by atomic mass is 15.0. The van der Waals surface area contributed by atoms with Gasteiger partial charge in [0.25, 0.3) is 0 Å². The van der Waals surface area contributed by atoms with Crippen molar-refractivity contribution in [1.29, 1.82) is 0 Å². The molecule has 0 bridgehead atoms. The van der Waals surface area contributed by atoms with Gasteiger partial charge in [-0.05, 0) is 33.3 Å². The number of amidine groups is 1. The SMILES string of the molecule is C=C=C(CC)NC(C)=N/C(=C\C)c1cccc(C)c1. The van der Waals surface area contributed by atoms with Crippen LogP contribution in [0.5, 0.6) is 0 Å². The Morgan fingerprint density at radius 2 is 2.21 bits per heavy atom. The van der Waals surface area contributed by atoms with Crippen LogP contribution in [0.3, 0.4) is 0 Å². The Kier molecular flexibility index (Phi) is 5.84. The number of nitrogens with one attached hydrogen (secondary N) is 1. The van der Waals surface area contributed by atoms with Gasteiger partial charge in [0.2, 0.25) is 0 Å². The molecule has 0 aliphatic heterocycles. The second-order valence-electron chi connectivity index (χ2n) is 4.37. The molecule has 0 unspecified atom stereocenters. The van der Waals surface area contributed by atoms with Gasteiger partial charge in [-0.15, -0.1) is 5.73 Å². The van der Waals surface area contributed by atoms with Crippen molar-refractivity contribution >= 4 is 11.5 Å². The Balaban J connectivity index is 2.97. The van der Waals surface area contributed by atoms with Crippen LogP contribution < -0.4 is 5.32 Å². The molecule has 0 atom stereocenters. The number of aliphatic imine (C=N–C) groups is 1. The lowest BCUT2D eigenvalue weighted by atomic mass is 10.1. The Morgan fingerprint density at radius 3 is 2.74 bits per heavy atom. The zero-order chi connectivity index (χ0) is 14.3. The monoisotopic (exact) mass is 254 g/mol. The molecule has 2 heteroatoms. The highest BCUT2D eigenvalue weighted by Crippen LogP contribution is 2.17. The van der Waals surface area contributed by atoms with Crippen molar-refractivity contribution in [3.63, 3.8) is 0 Å². The van der Waals surface area contributed by atoms with E-state index in [-0.39, 0.29) is 0 Å². The lowest BCUT2D eigenvalue weighted by molar-refractivity contribution is 0.978. The van der Waals surface area contributed by atoms with Crippen LogP contribution in [0.1, 0.15) is 38.3 Å². The molecule has 100 valence electrons. The summed E-state index contributed by atoms with van der Waals surface area (Å²) in [6.45, 7) is 11.8. The van der Waals surface area contributed by atoms with Crippen LogP contribution in [-0.2, 0) is 0 Å². The van der Waals surface area contributed by atoms with Crippen molar-refractivity contribution in [2.45, 2.75) is 34.1 Å². The van der Waals surface area contributed by atoms with Crippen molar-refractivity contribution in [2.24, 2.45) is 4.99 Å². The topological polar surface area (TPSA) is 24.4 Å². The summed E-state index contributed by atoms with van der Waals surface area (Å²) in [5.74, 6) is 0.850. The van der Waals surface area contributed by atoms with Crippen LogP contribution in [0.25, 0.3) is 5.70 Å². The molecule has 1 rings (SSSR count). The van der Waals surface area contributed by atoms with Gasteiger partial charge in [0.15, 0.2) is 0 Å². The molecule has 19 heavy (non-hydrogen) atoms. The summed E-state index contributed by atoms with van der Waals surface area (Å²) in [6, 6.07) is 8.34. The lowest BCUT2D eigenvalue weighted by Gasteiger charge is -2.08. The van der Waals surface area contributed by atoms with E-state index in [1.807, 2.05) is 26.0 Å². The largest absolute Gasteiger partial charge is 0.341 e. The quantitative estimate of drug-likeness (QED) is 0.479. The molecule has 0 aromatic heterocycles. The normalized spacial score (nSPS) is 12.0. The third-order valence-corrected chi connectivity index (χ3v) is 2.77. The van der Waals surface area contributed by atoms with Gasteiger partial charge in [0.1, 0.15) is 5.84 Å². The fourth-order valence-electron chi connectivity index (χ4n) is 1.78. The van der Waals surface area contributed by atoms with Gasteiger partial charge in [-0.1, -0.05) is 43.3 Å². The van der Waals surface area contributed by atoms with Crippen LogP contribution in [0, 0.1) is 6.92 Å². The van der Waals surface area contributed by atoms with Crippen molar-refractivity contribution in [2.75, 3.05) is 0 Å². The number of aryl methyl sites for hydroxylation is 1. The van der Waals surface area contributed by atoms with Crippen LogP contribution in [0.4, 0.5) is 0 Å². The molecule has 1 aromatic carbocycles. The lowest BCUT2D eigenvalue weighted by Crippen LogP contribution is -2.18. The van der Waals surface area contributed by atoms with Crippen LogP contribution in [-0.4, -0.2) is 5.84 Å². The van der Waals surface area contributed by atoms with Gasteiger partial charge in [0, 0.05) is 5.56 Å². The molecular formula is C17H22N2. The van der Waals surface area contributed by atoms with E-state index in [2.05, 4.69) is 54.7 Å². The number of benzene rings is 1. The minimum absolute atomic E-state index is 0.850. The van der Waals surface area contributed by atoms with Crippen LogP contribution in [0.2, 0.25) is 0 Å². The maximum Gasteiger partial charge on any atom is 0.104 e. The molecule has 0 amide bonds. The minimum atomic E-state index is 0.850. The number of nitrogens with zero attached hydrogens (tertiary/aromatic N) is 1. The van der Waals surface area contributed by atoms with E-state index in [1.165, 1.54) is 5.56 Å². The third-order valence-electron chi connectivity index (χ3n) is 2.77. The zero-order valence-corrected chi connectivity index (χ0v) is 12.2. The standard InChI is InChI=1S/C17H22N2/c1-6-16(7-2)18-14(5)19-17(8-3)15-11-9-10-13(4)12-15/h8-12H,1,7H2,2-5H3,(H,18,19)/b17-8-. The van der Waals surface area contributed by atoms with Gasteiger partial charge in [-0.25, -0.2) is 4.99 Å². The molecular weight excluding hydrogens is 232 g/mol. The van der Waals surface area contributed by atoms with Gasteiger partial charge >= 0.3 is 0 Å². The summed E-state index contributed by atoms with van der Waals surface area (Å²) >= 11 is 0. The summed E-state index contributed by atoms with van der Waals surface area (Å²) in [4.78, 5) is 4.62. The Hall–Kier alpha value is -2.05. The molecule has 0 radical (unpaired) electrons. The molecule has 0 saturated carbocycles. The first-order valence-electron chi connectivity index (χ1n) is 6.55. The van der Waals surface area contributed by atoms with Crippen molar-refractivity contribution in [1.82, 2.24) is 5.32 Å². The highest BCUT2D eigenvalue weighted by molar-refractivity contribution is 5.87. The van der Waals surface area contributed by atoms with Gasteiger partial charge < -0.3 is 5.32 Å². The molecule has 0 heterocycles. The van der Waals surface area contributed by atoms with E-state index < -0.39 is 0 Å². The van der Waals surface area contributed by atoms with E-state index in [0.29, 0.717) is 0 Å². The third kappa shape index (κ3) is 4.61. The second kappa shape index (κ2) is 7.40. The van der Waals surface area contributed by atoms with E-state index in [4.69, 9.17) is 0 Å². The summed E-state index contributed by atoms with van der Waals surface area (Å²) in [7, 11) is 0. The molecule has 1 aromatic rings. The number of rotatable bonds is 4. The first-order chi connectivity index (χ1) is 9.10. The number of hydrogen-bond donors (Lipinski definition) is 1. The van der Waals surface area contributed by atoms with Crippen molar-refractivity contribution in [3.05, 3.63) is 59.5 Å². The molecule has 0 fully saturated rings. The Morgan fingerprint density at radius 1 is 1.47 bits per heavy atom. The maximum atomic E-state index is 4.62. The minimum Gasteiger partial charge on any atom is -0.341 e. The first-order valence-corrected chi connectivity index (χ1v) is 6.55. The molecule has 0 spiro atoms. The average Bonchev–Trinajstić information content (AvgIpc) is 2.42. The summed E-state index contributed by atoms with van der Waals surface area (Å²) < 4.78 is 0. The second-order valence-corrected chi connectivity index (χ2v) is 4.37. The predicted molar refractivity (Wildman–Crippen MR) is 84.0 cm³/mol. The maximum absolute atomic E-state index is 4.62. The molecule has 0 saturated heterocycles. The number of hydrogen-bond acceptors (Lipinski definition) is 1. The summed E-state index contributed by atoms with van der Waals surface area (Å²) in [5, 5.41) is 3.22. The highest BCUT2D eigenvalue weighted by Gasteiger charge is 2.01. The van der Waals surface area contributed by atoms with E-state index in [0.717, 1.165) is 29.2 Å². The van der Waals surface area contributed by atoms with E-state index >= 15 is 0 Å². The predicted octanol–water partition coefficient (Wildman–Crippen LogP) is 4.44. The fraction of sp³-hybridized carbons (Fsp3) is 0.294. The van der Waals surface area contributed by atoms with Crippen LogP contribution in [0.15, 0.2) is 53.3 Å². The zero-order valence-electron chi connectivity index (χ0n) is 12.2. The first kappa shape index (κ1) is 15.0. The van der Waals surface area contributed by atoms with Gasteiger partial charge in [0.05, 0.1) is 11.4 Å². The Labute approximate surface area is 116 Å². The molecule has 2 nitrogen and oxygen atoms in total. The summed E-state index contributed by atoms with van der Waals surface area (Å²) in [5.41, 5.74) is 7.17. The van der Waals surface area contributed by atoms with Gasteiger partial charge in [-0.2, -0.15) is 0 Å². The van der Waals surface area contributed by atoms with E-state index in [9.17, 15) is 0 Å².